The van der Waals surface area contributed by atoms with E-state index in [0.717, 1.165) is 11.1 Å². The first-order chi connectivity index (χ1) is 10.7. The fourth-order valence-electron chi connectivity index (χ4n) is 2.49. The number of nitrogens with zero attached hydrogens (tertiary/aromatic N) is 1. The average molecular weight is 287 g/mol. The molecule has 0 saturated carbocycles. The van der Waals surface area contributed by atoms with Gasteiger partial charge in [0.2, 0.25) is 0 Å². The monoisotopic (exact) mass is 287 g/mol. The van der Waals surface area contributed by atoms with Gasteiger partial charge in [-0.3, -0.25) is 9.59 Å². The number of rotatable bonds is 2. The van der Waals surface area contributed by atoms with Gasteiger partial charge in [-0.2, -0.15) is 0 Å². The Kier molecular flexibility index (Phi) is 3.36. The van der Waals surface area contributed by atoms with E-state index in [1.165, 1.54) is 4.90 Å². The minimum absolute atomic E-state index is 0.308. The number of anilines is 1. The van der Waals surface area contributed by atoms with Gasteiger partial charge in [-0.15, -0.1) is 5.92 Å². The molecule has 106 valence electrons. The van der Waals surface area contributed by atoms with Crippen LogP contribution in [0.1, 0.15) is 38.8 Å². The molecule has 1 aliphatic rings. The molecule has 3 heteroatoms. The third-order valence-electron chi connectivity index (χ3n) is 3.52. The Balaban J connectivity index is 2.09. The lowest BCUT2D eigenvalue weighted by Crippen LogP contribution is -2.29. The molecule has 0 spiro atoms. The smallest absolute Gasteiger partial charge is 0.266 e. The molecule has 0 atom stereocenters. The zero-order valence-electron chi connectivity index (χ0n) is 12.1. The van der Waals surface area contributed by atoms with E-state index in [2.05, 4.69) is 18.4 Å². The van der Waals surface area contributed by atoms with Gasteiger partial charge in [0.05, 0.1) is 16.8 Å². The molecule has 22 heavy (non-hydrogen) atoms. The van der Waals surface area contributed by atoms with Crippen LogP contribution in [0.25, 0.3) is 6.08 Å². The van der Waals surface area contributed by atoms with Gasteiger partial charge in [0.1, 0.15) is 0 Å². The van der Waals surface area contributed by atoms with Crippen LogP contribution in [-0.4, -0.2) is 11.8 Å². The molecule has 3 rings (SSSR count). The summed E-state index contributed by atoms with van der Waals surface area (Å²) in [5.74, 6) is 5.06. The van der Waals surface area contributed by atoms with Crippen molar-refractivity contribution >= 4 is 23.6 Å². The summed E-state index contributed by atoms with van der Waals surface area (Å²) in [5, 5.41) is 0. The van der Waals surface area contributed by atoms with Gasteiger partial charge in [-0.1, -0.05) is 30.7 Å². The number of hydrogen-bond acceptors (Lipinski definition) is 2. The van der Waals surface area contributed by atoms with Gasteiger partial charge in [0, 0.05) is 5.56 Å². The standard InChI is InChI=1S/C19H13NO2/c1-3-6-14-9-10-16-17(12-14)19(22)20(18(16)21)15-8-5-7-13(4-2)11-15/h4-5,7-12H,2H2,1H3. The molecule has 0 unspecified atom stereocenters. The molecule has 0 aromatic heterocycles. The zero-order valence-corrected chi connectivity index (χ0v) is 12.1. The topological polar surface area (TPSA) is 37.4 Å². The number of imide groups is 1. The molecule has 2 amide bonds. The summed E-state index contributed by atoms with van der Waals surface area (Å²) in [6, 6.07) is 12.2. The van der Waals surface area contributed by atoms with E-state index in [-0.39, 0.29) is 11.8 Å². The Morgan fingerprint density at radius 1 is 1.05 bits per heavy atom. The fourth-order valence-corrected chi connectivity index (χ4v) is 2.49. The van der Waals surface area contributed by atoms with E-state index < -0.39 is 0 Å². The van der Waals surface area contributed by atoms with E-state index in [0.29, 0.717) is 16.8 Å². The molecular formula is C19H13NO2. The summed E-state index contributed by atoms with van der Waals surface area (Å²) < 4.78 is 0. The van der Waals surface area contributed by atoms with Crippen molar-refractivity contribution in [2.75, 3.05) is 4.90 Å². The number of carbonyl (C=O) groups excluding carboxylic acids is 2. The summed E-state index contributed by atoms with van der Waals surface area (Å²) in [6.45, 7) is 5.43. The predicted molar refractivity (Wildman–Crippen MR) is 86.7 cm³/mol. The highest BCUT2D eigenvalue weighted by atomic mass is 16.2. The molecule has 0 fully saturated rings. The van der Waals surface area contributed by atoms with Gasteiger partial charge < -0.3 is 0 Å². The number of amides is 2. The minimum atomic E-state index is -0.319. The van der Waals surface area contributed by atoms with Gasteiger partial charge in [0.15, 0.2) is 0 Å². The first-order valence-corrected chi connectivity index (χ1v) is 6.84. The van der Waals surface area contributed by atoms with E-state index in [1.807, 2.05) is 6.07 Å². The molecule has 0 aliphatic carbocycles. The van der Waals surface area contributed by atoms with Crippen LogP contribution in [0.4, 0.5) is 5.69 Å². The Morgan fingerprint density at radius 3 is 2.55 bits per heavy atom. The second-order valence-electron chi connectivity index (χ2n) is 4.88. The van der Waals surface area contributed by atoms with Crippen molar-refractivity contribution < 1.29 is 9.59 Å². The molecule has 0 N–H and O–H groups in total. The highest BCUT2D eigenvalue weighted by Crippen LogP contribution is 2.29. The van der Waals surface area contributed by atoms with Crippen LogP contribution in [0.2, 0.25) is 0 Å². The third-order valence-corrected chi connectivity index (χ3v) is 3.52. The van der Waals surface area contributed by atoms with Crippen LogP contribution < -0.4 is 4.90 Å². The lowest BCUT2D eigenvalue weighted by molar-refractivity contribution is 0.0926. The molecule has 1 heterocycles. The number of benzene rings is 2. The Hall–Kier alpha value is -3.12. The molecule has 0 saturated heterocycles. The van der Waals surface area contributed by atoms with Crippen molar-refractivity contribution in [1.29, 1.82) is 0 Å². The highest BCUT2D eigenvalue weighted by molar-refractivity contribution is 6.34. The average Bonchev–Trinajstić information content (AvgIpc) is 2.79. The van der Waals surface area contributed by atoms with Crippen LogP contribution in [0.15, 0.2) is 49.0 Å². The Bertz CT molecular complexity index is 868. The first kappa shape index (κ1) is 13.8. The van der Waals surface area contributed by atoms with Crippen molar-refractivity contribution in [3.63, 3.8) is 0 Å². The zero-order chi connectivity index (χ0) is 15.7. The summed E-state index contributed by atoms with van der Waals surface area (Å²) >= 11 is 0. The van der Waals surface area contributed by atoms with Crippen molar-refractivity contribution in [3.05, 3.63) is 71.3 Å². The lowest BCUT2D eigenvalue weighted by Gasteiger charge is -2.14. The summed E-state index contributed by atoms with van der Waals surface area (Å²) in [6.07, 6.45) is 1.68. The molecule has 2 aromatic carbocycles. The van der Waals surface area contributed by atoms with Gasteiger partial charge in [-0.25, -0.2) is 4.90 Å². The fraction of sp³-hybridized carbons (Fsp3) is 0.0526. The second-order valence-corrected chi connectivity index (χ2v) is 4.88. The molecular weight excluding hydrogens is 274 g/mol. The van der Waals surface area contributed by atoms with Crippen molar-refractivity contribution in [3.8, 4) is 11.8 Å². The Labute approximate surface area is 128 Å². The maximum Gasteiger partial charge on any atom is 0.266 e. The van der Waals surface area contributed by atoms with Crippen LogP contribution >= 0.6 is 0 Å². The quantitative estimate of drug-likeness (QED) is 0.626. The van der Waals surface area contributed by atoms with Crippen molar-refractivity contribution in [2.45, 2.75) is 6.92 Å². The largest absolute Gasteiger partial charge is 0.268 e. The van der Waals surface area contributed by atoms with Gasteiger partial charge >= 0.3 is 0 Å². The van der Waals surface area contributed by atoms with E-state index >= 15 is 0 Å². The molecule has 2 aromatic rings. The minimum Gasteiger partial charge on any atom is -0.268 e. The van der Waals surface area contributed by atoms with E-state index in [9.17, 15) is 9.59 Å². The van der Waals surface area contributed by atoms with Crippen molar-refractivity contribution in [2.24, 2.45) is 0 Å². The third kappa shape index (κ3) is 2.11. The van der Waals surface area contributed by atoms with Crippen LogP contribution in [-0.2, 0) is 0 Å². The number of fused-ring (bicyclic) bond motifs is 1. The van der Waals surface area contributed by atoms with Crippen LogP contribution in [0, 0.1) is 11.8 Å². The first-order valence-electron chi connectivity index (χ1n) is 6.84. The maximum absolute atomic E-state index is 12.6. The summed E-state index contributed by atoms with van der Waals surface area (Å²) in [7, 11) is 0. The normalized spacial score (nSPS) is 12.7. The number of carbonyl (C=O) groups is 2. The number of hydrogen-bond donors (Lipinski definition) is 0. The maximum atomic E-state index is 12.6. The summed E-state index contributed by atoms with van der Waals surface area (Å²) in [5.41, 5.74) is 2.94. The highest BCUT2D eigenvalue weighted by Gasteiger charge is 2.36. The van der Waals surface area contributed by atoms with E-state index in [1.54, 1.807) is 49.4 Å². The van der Waals surface area contributed by atoms with E-state index in [4.69, 9.17) is 0 Å². The SMILES string of the molecule is C=Cc1cccc(N2C(=O)c3ccc(C#CC)cc3C2=O)c1. The second kappa shape index (κ2) is 5.34. The summed E-state index contributed by atoms with van der Waals surface area (Å²) in [4.78, 5) is 26.3. The molecule has 0 bridgehead atoms. The van der Waals surface area contributed by atoms with Gasteiger partial charge in [0.25, 0.3) is 11.8 Å². The Morgan fingerprint density at radius 2 is 1.82 bits per heavy atom. The van der Waals surface area contributed by atoms with Crippen LogP contribution in [0.5, 0.6) is 0 Å². The lowest BCUT2D eigenvalue weighted by atomic mass is 10.1. The molecule has 3 nitrogen and oxygen atoms in total. The van der Waals surface area contributed by atoms with Gasteiger partial charge in [-0.05, 0) is 42.8 Å². The van der Waals surface area contributed by atoms with Crippen molar-refractivity contribution in [1.82, 2.24) is 0 Å². The van der Waals surface area contributed by atoms with Crippen LogP contribution in [0.3, 0.4) is 0 Å². The predicted octanol–water partition coefficient (Wildman–Crippen LogP) is 3.50. The molecule has 0 radical (unpaired) electrons. The molecule has 1 aliphatic heterocycles.